The highest BCUT2D eigenvalue weighted by Gasteiger charge is 2.15. The first-order valence-corrected chi connectivity index (χ1v) is 8.55. The van der Waals surface area contributed by atoms with Crippen LogP contribution in [0, 0.1) is 0 Å². The predicted molar refractivity (Wildman–Crippen MR) is 102 cm³/mol. The number of halogens is 2. The number of amides is 1. The lowest BCUT2D eigenvalue weighted by molar-refractivity contribution is -0.120. The molecule has 0 aliphatic carbocycles. The third kappa shape index (κ3) is 3.63. The number of hydrogen-bond acceptors (Lipinski definition) is 5. The molecule has 0 fully saturated rings. The first-order valence-electron chi connectivity index (χ1n) is 7.80. The van der Waals surface area contributed by atoms with Crippen molar-refractivity contribution in [3.63, 3.8) is 0 Å². The van der Waals surface area contributed by atoms with E-state index in [0.29, 0.717) is 34.1 Å². The van der Waals surface area contributed by atoms with E-state index in [1.807, 2.05) is 0 Å². The third-order valence-corrected chi connectivity index (χ3v) is 4.25. The summed E-state index contributed by atoms with van der Waals surface area (Å²) in [4.78, 5) is 32.4. The monoisotopic (exact) mass is 391 g/mol. The number of rotatable bonds is 5. The number of aromatic nitrogens is 3. The number of nitrogens with one attached hydrogen (secondary N) is 2. The zero-order valence-electron chi connectivity index (χ0n) is 13.8. The largest absolute Gasteiger partial charge is 0.369 e. The summed E-state index contributed by atoms with van der Waals surface area (Å²) in [6, 6.07) is 10.2. The molecule has 0 aliphatic rings. The van der Waals surface area contributed by atoms with Gasteiger partial charge in [0.1, 0.15) is 11.0 Å². The van der Waals surface area contributed by atoms with Crippen molar-refractivity contribution in [3.05, 3.63) is 57.1 Å². The van der Waals surface area contributed by atoms with E-state index in [9.17, 15) is 9.59 Å². The van der Waals surface area contributed by atoms with Gasteiger partial charge in [0.15, 0.2) is 5.65 Å². The highest BCUT2D eigenvalue weighted by molar-refractivity contribution is 6.32. The Hall–Kier alpha value is -2.64. The van der Waals surface area contributed by atoms with E-state index < -0.39 is 5.69 Å². The van der Waals surface area contributed by atoms with Gasteiger partial charge in [-0.1, -0.05) is 35.3 Å². The van der Waals surface area contributed by atoms with Crippen LogP contribution in [0.5, 0.6) is 0 Å². The van der Waals surface area contributed by atoms with Crippen LogP contribution in [-0.4, -0.2) is 34.0 Å². The molecule has 7 nitrogen and oxygen atoms in total. The maximum Gasteiger partial charge on any atom is 0.355 e. The van der Waals surface area contributed by atoms with Crippen molar-refractivity contribution in [2.24, 2.45) is 0 Å². The predicted octanol–water partition coefficient (Wildman–Crippen LogP) is 2.64. The van der Waals surface area contributed by atoms with Crippen molar-refractivity contribution in [2.75, 3.05) is 18.9 Å². The lowest BCUT2D eigenvalue weighted by Crippen LogP contribution is -2.26. The summed E-state index contributed by atoms with van der Waals surface area (Å²) in [5.41, 5.74) is 0.235. The zero-order chi connectivity index (χ0) is 18.7. The van der Waals surface area contributed by atoms with Gasteiger partial charge in [-0.25, -0.2) is 14.3 Å². The highest BCUT2D eigenvalue weighted by atomic mass is 35.5. The van der Waals surface area contributed by atoms with Crippen molar-refractivity contribution < 1.29 is 4.79 Å². The standard InChI is InChI=1S/C17H15Cl2N5O2/c1-20-14(25)8-9-21-15-10-6-7-13(19)22-16(10)24(17(26)23-15)12-5-3-2-4-11(12)18/h2-7H,8-9H2,1H3,(H,20,25)(H,21,23,26). The Kier molecular flexibility index (Phi) is 5.39. The van der Waals surface area contributed by atoms with E-state index in [1.54, 1.807) is 43.4 Å². The van der Waals surface area contributed by atoms with Crippen LogP contribution < -0.4 is 16.3 Å². The second-order valence-electron chi connectivity index (χ2n) is 5.38. The zero-order valence-corrected chi connectivity index (χ0v) is 15.3. The molecule has 3 rings (SSSR count). The minimum Gasteiger partial charge on any atom is -0.369 e. The molecule has 9 heteroatoms. The normalized spacial score (nSPS) is 10.7. The Balaban J connectivity index is 2.14. The van der Waals surface area contributed by atoms with Crippen molar-refractivity contribution in [2.45, 2.75) is 6.42 Å². The fraction of sp³-hybridized carbons (Fsp3) is 0.176. The molecule has 0 aliphatic heterocycles. The van der Waals surface area contributed by atoms with E-state index in [1.165, 1.54) is 4.57 Å². The van der Waals surface area contributed by atoms with Crippen LogP contribution in [0.25, 0.3) is 16.7 Å². The number of para-hydroxylation sites is 1. The molecule has 0 spiro atoms. The molecule has 0 saturated heterocycles. The molecular formula is C17H15Cl2N5O2. The van der Waals surface area contributed by atoms with E-state index in [0.717, 1.165) is 0 Å². The minimum absolute atomic E-state index is 0.118. The van der Waals surface area contributed by atoms with Gasteiger partial charge in [-0.15, -0.1) is 0 Å². The number of carbonyl (C=O) groups is 1. The number of fused-ring (bicyclic) bond motifs is 1. The van der Waals surface area contributed by atoms with Gasteiger partial charge in [0.25, 0.3) is 0 Å². The Labute approximate surface area is 159 Å². The molecule has 0 unspecified atom stereocenters. The van der Waals surface area contributed by atoms with Gasteiger partial charge >= 0.3 is 5.69 Å². The molecule has 0 atom stereocenters. The van der Waals surface area contributed by atoms with Crippen LogP contribution in [0.3, 0.4) is 0 Å². The minimum atomic E-state index is -0.553. The Bertz CT molecular complexity index is 1040. The molecule has 3 aromatic rings. The lowest BCUT2D eigenvalue weighted by Gasteiger charge is -2.14. The fourth-order valence-electron chi connectivity index (χ4n) is 2.48. The fourth-order valence-corrected chi connectivity index (χ4v) is 2.84. The summed E-state index contributed by atoms with van der Waals surface area (Å²) in [7, 11) is 1.56. The van der Waals surface area contributed by atoms with Crippen molar-refractivity contribution in [1.82, 2.24) is 19.9 Å². The Morgan fingerprint density at radius 3 is 2.65 bits per heavy atom. The Morgan fingerprint density at radius 1 is 1.15 bits per heavy atom. The number of pyridine rings is 1. The molecule has 1 amide bonds. The molecule has 0 saturated carbocycles. The molecular weight excluding hydrogens is 377 g/mol. The van der Waals surface area contributed by atoms with Crippen LogP contribution in [0.1, 0.15) is 6.42 Å². The number of anilines is 1. The number of benzene rings is 1. The molecule has 2 heterocycles. The SMILES string of the molecule is CNC(=O)CCNc1nc(=O)n(-c2ccccc2Cl)c2nc(Cl)ccc12. The van der Waals surface area contributed by atoms with E-state index in [2.05, 4.69) is 20.6 Å². The van der Waals surface area contributed by atoms with E-state index in [4.69, 9.17) is 23.2 Å². The number of hydrogen-bond donors (Lipinski definition) is 2. The summed E-state index contributed by atoms with van der Waals surface area (Å²) < 4.78 is 1.31. The number of nitrogens with zero attached hydrogens (tertiary/aromatic N) is 3. The van der Waals surface area contributed by atoms with Gasteiger partial charge in [0, 0.05) is 20.0 Å². The van der Waals surface area contributed by atoms with Crippen LogP contribution in [0.15, 0.2) is 41.2 Å². The Morgan fingerprint density at radius 2 is 1.92 bits per heavy atom. The molecule has 134 valence electrons. The second kappa shape index (κ2) is 7.72. The van der Waals surface area contributed by atoms with Crippen LogP contribution >= 0.6 is 23.2 Å². The lowest BCUT2D eigenvalue weighted by atomic mass is 10.2. The van der Waals surface area contributed by atoms with Crippen LogP contribution in [0.2, 0.25) is 10.2 Å². The van der Waals surface area contributed by atoms with Crippen LogP contribution in [0.4, 0.5) is 5.82 Å². The summed E-state index contributed by atoms with van der Waals surface area (Å²) >= 11 is 12.3. The molecule has 2 aromatic heterocycles. The molecule has 0 bridgehead atoms. The molecule has 2 N–H and O–H groups in total. The van der Waals surface area contributed by atoms with Gasteiger partial charge in [-0.05, 0) is 24.3 Å². The van der Waals surface area contributed by atoms with Crippen molar-refractivity contribution >= 4 is 46.0 Å². The molecule has 0 radical (unpaired) electrons. The van der Waals surface area contributed by atoms with Gasteiger partial charge < -0.3 is 10.6 Å². The summed E-state index contributed by atoms with van der Waals surface area (Å²) in [5.74, 6) is 0.216. The van der Waals surface area contributed by atoms with Gasteiger partial charge in [-0.2, -0.15) is 4.98 Å². The quantitative estimate of drug-likeness (QED) is 0.652. The van der Waals surface area contributed by atoms with Crippen molar-refractivity contribution in [3.8, 4) is 5.69 Å². The van der Waals surface area contributed by atoms with Gasteiger partial charge in [0.05, 0.1) is 16.1 Å². The maximum atomic E-state index is 12.7. The summed E-state index contributed by atoms with van der Waals surface area (Å²) in [6.45, 7) is 0.319. The second-order valence-corrected chi connectivity index (χ2v) is 6.18. The average Bonchev–Trinajstić information content (AvgIpc) is 2.62. The van der Waals surface area contributed by atoms with E-state index >= 15 is 0 Å². The smallest absolute Gasteiger partial charge is 0.355 e. The van der Waals surface area contributed by atoms with Crippen LogP contribution in [-0.2, 0) is 4.79 Å². The van der Waals surface area contributed by atoms with Gasteiger partial charge in [0.2, 0.25) is 5.91 Å². The maximum absolute atomic E-state index is 12.7. The molecule has 1 aromatic carbocycles. The summed E-state index contributed by atoms with van der Waals surface area (Å²) in [6.07, 6.45) is 0.244. The average molecular weight is 392 g/mol. The van der Waals surface area contributed by atoms with Gasteiger partial charge in [-0.3, -0.25) is 4.79 Å². The third-order valence-electron chi connectivity index (χ3n) is 3.72. The topological polar surface area (TPSA) is 88.9 Å². The van der Waals surface area contributed by atoms with E-state index in [-0.39, 0.29) is 17.5 Å². The number of carbonyl (C=O) groups excluding carboxylic acids is 1. The highest BCUT2D eigenvalue weighted by Crippen LogP contribution is 2.25. The summed E-state index contributed by atoms with van der Waals surface area (Å²) in [5, 5.41) is 6.75. The van der Waals surface area contributed by atoms with Crippen molar-refractivity contribution in [1.29, 1.82) is 0 Å². The first kappa shape index (κ1) is 18.2. The first-order chi connectivity index (χ1) is 12.5. The molecule has 26 heavy (non-hydrogen) atoms.